The average molecular weight is 452 g/mol. The number of benzene rings is 1. The van der Waals surface area contributed by atoms with Crippen LogP contribution >= 0.6 is 0 Å². The zero-order chi connectivity index (χ0) is 23.3. The van der Waals surface area contributed by atoms with Crippen molar-refractivity contribution in [3.63, 3.8) is 0 Å². The number of piperazine rings is 1. The molecule has 0 aromatic heterocycles. The summed E-state index contributed by atoms with van der Waals surface area (Å²) in [6.45, 7) is 5.84. The summed E-state index contributed by atoms with van der Waals surface area (Å²) < 4.78 is 37.5. The molecule has 0 spiro atoms. The third-order valence-corrected chi connectivity index (χ3v) is 5.21. The van der Waals surface area contributed by atoms with Crippen molar-refractivity contribution < 1.29 is 32.6 Å². The van der Waals surface area contributed by atoms with Crippen LogP contribution in [0.1, 0.15) is 25.5 Å². The second kappa shape index (κ2) is 10.4. The van der Waals surface area contributed by atoms with Crippen LogP contribution in [-0.2, 0) is 14.3 Å². The molecular formula is C21H26F2N4O5. The molecule has 0 aliphatic carbocycles. The largest absolute Gasteiger partial charge is 0.463 e. The summed E-state index contributed by atoms with van der Waals surface area (Å²) in [5.74, 6) is -2.79. The van der Waals surface area contributed by atoms with Gasteiger partial charge in [-0.2, -0.15) is 0 Å². The van der Waals surface area contributed by atoms with Crippen LogP contribution in [0.25, 0.3) is 0 Å². The van der Waals surface area contributed by atoms with Crippen LogP contribution in [0, 0.1) is 11.6 Å². The number of hydrogen-bond donors (Lipinski definition) is 2. The highest BCUT2D eigenvalue weighted by Crippen LogP contribution is 2.29. The molecule has 3 amide bonds. The van der Waals surface area contributed by atoms with E-state index < -0.39 is 29.7 Å². The van der Waals surface area contributed by atoms with E-state index in [9.17, 15) is 23.2 Å². The minimum Gasteiger partial charge on any atom is -0.463 e. The zero-order valence-electron chi connectivity index (χ0n) is 18.0. The SMILES string of the molecule is CCOC(=O)C1=C(CN2CCN(C(=O)OCC)CC2)NC(=O)NC1c1ccc(F)c(F)c1. The first-order chi connectivity index (χ1) is 15.3. The van der Waals surface area contributed by atoms with Gasteiger partial charge in [0.2, 0.25) is 0 Å². The van der Waals surface area contributed by atoms with Gasteiger partial charge in [-0.3, -0.25) is 4.90 Å². The average Bonchev–Trinajstić information content (AvgIpc) is 2.76. The molecule has 1 unspecified atom stereocenters. The Morgan fingerprint density at radius 1 is 1.06 bits per heavy atom. The predicted molar refractivity (Wildman–Crippen MR) is 109 cm³/mol. The molecule has 0 radical (unpaired) electrons. The smallest absolute Gasteiger partial charge is 0.409 e. The monoisotopic (exact) mass is 452 g/mol. The number of nitrogens with one attached hydrogen (secondary N) is 2. The van der Waals surface area contributed by atoms with Crippen LogP contribution in [0.3, 0.4) is 0 Å². The van der Waals surface area contributed by atoms with Crippen LogP contribution in [0.2, 0.25) is 0 Å². The minimum absolute atomic E-state index is 0.103. The summed E-state index contributed by atoms with van der Waals surface area (Å²) >= 11 is 0. The van der Waals surface area contributed by atoms with Gasteiger partial charge in [-0.15, -0.1) is 0 Å². The molecule has 1 aromatic carbocycles. The summed E-state index contributed by atoms with van der Waals surface area (Å²) in [6.07, 6.45) is -0.382. The summed E-state index contributed by atoms with van der Waals surface area (Å²) in [5.41, 5.74) is 0.642. The van der Waals surface area contributed by atoms with E-state index in [1.165, 1.54) is 6.07 Å². The first-order valence-electron chi connectivity index (χ1n) is 10.4. The van der Waals surface area contributed by atoms with Crippen LogP contribution in [-0.4, -0.2) is 73.8 Å². The van der Waals surface area contributed by atoms with E-state index in [4.69, 9.17) is 9.47 Å². The molecule has 11 heteroatoms. The number of ether oxygens (including phenoxy) is 2. The summed E-state index contributed by atoms with van der Waals surface area (Å²) in [6, 6.07) is 1.61. The number of esters is 1. The second-order valence-electron chi connectivity index (χ2n) is 7.28. The van der Waals surface area contributed by atoms with E-state index >= 15 is 0 Å². The van der Waals surface area contributed by atoms with Crippen molar-refractivity contribution in [3.05, 3.63) is 46.7 Å². The molecule has 9 nitrogen and oxygen atoms in total. The molecule has 174 valence electrons. The Hall–Kier alpha value is -3.21. The number of amides is 3. The Bertz CT molecular complexity index is 915. The number of nitrogens with zero attached hydrogens (tertiary/aromatic N) is 2. The third-order valence-electron chi connectivity index (χ3n) is 5.21. The van der Waals surface area contributed by atoms with E-state index in [-0.39, 0.29) is 30.4 Å². The molecule has 1 atom stereocenters. The summed E-state index contributed by atoms with van der Waals surface area (Å²) in [5, 5.41) is 5.23. The maximum Gasteiger partial charge on any atom is 0.409 e. The predicted octanol–water partition coefficient (Wildman–Crippen LogP) is 1.91. The van der Waals surface area contributed by atoms with Crippen LogP contribution in [0.15, 0.2) is 29.5 Å². The van der Waals surface area contributed by atoms with E-state index in [1.807, 2.05) is 4.90 Å². The first-order valence-corrected chi connectivity index (χ1v) is 10.4. The molecule has 32 heavy (non-hydrogen) atoms. The van der Waals surface area contributed by atoms with Gasteiger partial charge in [-0.25, -0.2) is 23.2 Å². The topological polar surface area (TPSA) is 100 Å². The lowest BCUT2D eigenvalue weighted by Gasteiger charge is -2.36. The van der Waals surface area contributed by atoms with Gasteiger partial charge in [0, 0.05) is 38.4 Å². The molecule has 0 saturated carbocycles. The van der Waals surface area contributed by atoms with Gasteiger partial charge in [-0.05, 0) is 31.5 Å². The van der Waals surface area contributed by atoms with Crippen LogP contribution < -0.4 is 10.6 Å². The quantitative estimate of drug-likeness (QED) is 0.640. The summed E-state index contributed by atoms with van der Waals surface area (Å²) in [7, 11) is 0. The second-order valence-corrected chi connectivity index (χ2v) is 7.28. The van der Waals surface area contributed by atoms with E-state index in [0.717, 1.165) is 12.1 Å². The van der Waals surface area contributed by atoms with Gasteiger partial charge in [0.15, 0.2) is 11.6 Å². The first kappa shape index (κ1) is 23.5. The number of carbonyl (C=O) groups excluding carboxylic acids is 3. The van der Waals surface area contributed by atoms with Crippen molar-refractivity contribution >= 4 is 18.1 Å². The van der Waals surface area contributed by atoms with Crippen molar-refractivity contribution in [3.8, 4) is 0 Å². The molecule has 1 aromatic rings. The lowest BCUT2D eigenvalue weighted by molar-refractivity contribution is -0.139. The van der Waals surface area contributed by atoms with Crippen molar-refractivity contribution in [1.82, 2.24) is 20.4 Å². The van der Waals surface area contributed by atoms with E-state index in [1.54, 1.807) is 18.7 Å². The Labute approximate surface area is 184 Å². The van der Waals surface area contributed by atoms with Crippen molar-refractivity contribution in [1.29, 1.82) is 0 Å². The molecule has 2 heterocycles. The maximum absolute atomic E-state index is 13.8. The lowest BCUT2D eigenvalue weighted by Crippen LogP contribution is -2.52. The zero-order valence-corrected chi connectivity index (χ0v) is 18.0. The molecule has 1 fully saturated rings. The Morgan fingerprint density at radius 3 is 2.38 bits per heavy atom. The molecule has 2 aliphatic heterocycles. The molecule has 2 N–H and O–H groups in total. The van der Waals surface area contributed by atoms with Gasteiger partial charge < -0.3 is 25.0 Å². The Balaban J connectivity index is 1.86. The number of urea groups is 1. The van der Waals surface area contributed by atoms with Gasteiger partial charge in [-0.1, -0.05) is 6.07 Å². The maximum atomic E-state index is 13.8. The van der Waals surface area contributed by atoms with Gasteiger partial charge >= 0.3 is 18.1 Å². The van der Waals surface area contributed by atoms with Crippen molar-refractivity contribution in [2.45, 2.75) is 19.9 Å². The van der Waals surface area contributed by atoms with E-state index in [2.05, 4.69) is 10.6 Å². The normalized spacial score (nSPS) is 19.3. The number of hydrogen-bond acceptors (Lipinski definition) is 6. The number of carbonyl (C=O) groups is 3. The molecule has 3 rings (SSSR count). The number of rotatable bonds is 6. The highest BCUT2D eigenvalue weighted by molar-refractivity contribution is 5.95. The fraction of sp³-hybridized carbons (Fsp3) is 0.476. The molecule has 0 bridgehead atoms. The molecular weight excluding hydrogens is 426 g/mol. The standard InChI is InChI=1S/C21H26F2N4O5/c1-3-31-19(28)17-16(12-26-7-9-27(10-8-26)21(30)32-4-2)24-20(29)25-18(17)13-5-6-14(22)15(23)11-13/h5-6,11,18H,3-4,7-10,12H2,1-2H3,(H2,24,25,29). The van der Waals surface area contributed by atoms with E-state index in [0.29, 0.717) is 38.5 Å². The molecule has 2 aliphatic rings. The van der Waals surface area contributed by atoms with Crippen molar-refractivity contribution in [2.24, 2.45) is 0 Å². The van der Waals surface area contributed by atoms with Gasteiger partial charge in [0.05, 0.1) is 24.8 Å². The summed E-state index contributed by atoms with van der Waals surface area (Å²) in [4.78, 5) is 40.6. The van der Waals surface area contributed by atoms with Crippen molar-refractivity contribution in [2.75, 3.05) is 45.9 Å². The van der Waals surface area contributed by atoms with Gasteiger partial charge in [0.25, 0.3) is 0 Å². The van der Waals surface area contributed by atoms with Gasteiger partial charge in [0.1, 0.15) is 0 Å². The number of halogens is 2. The third kappa shape index (κ3) is 5.34. The lowest BCUT2D eigenvalue weighted by atomic mass is 9.94. The highest BCUT2D eigenvalue weighted by Gasteiger charge is 2.35. The minimum atomic E-state index is -1.09. The molecule has 1 saturated heterocycles. The van der Waals surface area contributed by atoms with Crippen LogP contribution in [0.5, 0.6) is 0 Å². The fourth-order valence-electron chi connectivity index (χ4n) is 3.66. The Morgan fingerprint density at radius 2 is 1.75 bits per heavy atom. The Kier molecular flexibility index (Phi) is 7.62. The highest BCUT2D eigenvalue weighted by atomic mass is 19.2. The fourth-order valence-corrected chi connectivity index (χ4v) is 3.66. The van der Waals surface area contributed by atoms with Crippen LogP contribution in [0.4, 0.5) is 18.4 Å².